The minimum Gasteiger partial charge on any atom is -0.468 e. The number of aromatic nitrogens is 2. The third-order valence-electron chi connectivity index (χ3n) is 2.19. The summed E-state index contributed by atoms with van der Waals surface area (Å²) in [5.74, 6) is -1.85. The molecule has 8 heteroatoms. The van der Waals surface area contributed by atoms with Gasteiger partial charge in [0.25, 0.3) is 5.91 Å². The van der Waals surface area contributed by atoms with E-state index in [1.165, 1.54) is 32.9 Å². The molecular weight excluding hydrogens is 254 g/mol. The van der Waals surface area contributed by atoms with Gasteiger partial charge in [-0.05, 0) is 0 Å². The van der Waals surface area contributed by atoms with E-state index in [1.54, 1.807) is 0 Å². The van der Waals surface area contributed by atoms with E-state index >= 15 is 0 Å². The van der Waals surface area contributed by atoms with Crippen molar-refractivity contribution in [2.45, 2.75) is 0 Å². The minimum atomic E-state index is -0.644. The van der Waals surface area contributed by atoms with Crippen molar-refractivity contribution in [2.75, 3.05) is 27.3 Å². The number of carbonyl (C=O) groups excluding carboxylic acids is 3. The fourth-order valence-corrected chi connectivity index (χ4v) is 1.23. The van der Waals surface area contributed by atoms with Crippen molar-refractivity contribution < 1.29 is 23.9 Å². The molecule has 0 aliphatic rings. The van der Waals surface area contributed by atoms with Crippen LogP contribution in [0.15, 0.2) is 18.7 Å². The molecular formula is C11H13N3O5. The summed E-state index contributed by atoms with van der Waals surface area (Å²) in [6, 6.07) is 0. The van der Waals surface area contributed by atoms with Gasteiger partial charge in [0.2, 0.25) is 0 Å². The highest BCUT2D eigenvalue weighted by molar-refractivity contribution is 5.97. The van der Waals surface area contributed by atoms with Crippen molar-refractivity contribution in [3.05, 3.63) is 24.3 Å². The molecule has 1 amide bonds. The standard InChI is InChI=1S/C11H13N3O5/c1-18-9(15)5-14(6-10(16)19-2)11(17)8-3-12-7-13-4-8/h3-4,7H,5-6H2,1-2H3. The van der Waals surface area contributed by atoms with Crippen LogP contribution in [0.3, 0.4) is 0 Å². The summed E-state index contributed by atoms with van der Waals surface area (Å²) < 4.78 is 8.93. The van der Waals surface area contributed by atoms with Gasteiger partial charge in [-0.25, -0.2) is 9.97 Å². The molecule has 8 nitrogen and oxygen atoms in total. The van der Waals surface area contributed by atoms with Crippen LogP contribution in [0.4, 0.5) is 0 Å². The van der Waals surface area contributed by atoms with Crippen molar-refractivity contribution in [2.24, 2.45) is 0 Å². The Morgan fingerprint density at radius 1 is 1.05 bits per heavy atom. The van der Waals surface area contributed by atoms with Gasteiger partial charge in [-0.1, -0.05) is 0 Å². The summed E-state index contributed by atoms with van der Waals surface area (Å²) in [7, 11) is 2.38. The van der Waals surface area contributed by atoms with Gasteiger partial charge >= 0.3 is 11.9 Å². The van der Waals surface area contributed by atoms with Crippen LogP contribution >= 0.6 is 0 Å². The summed E-state index contributed by atoms with van der Waals surface area (Å²) in [5, 5.41) is 0. The highest BCUT2D eigenvalue weighted by Crippen LogP contribution is 2.02. The average molecular weight is 267 g/mol. The Morgan fingerprint density at radius 2 is 1.53 bits per heavy atom. The second-order valence-corrected chi connectivity index (χ2v) is 3.44. The second kappa shape index (κ2) is 7.04. The zero-order valence-electron chi connectivity index (χ0n) is 10.5. The van der Waals surface area contributed by atoms with E-state index in [0.717, 1.165) is 4.90 Å². The lowest BCUT2D eigenvalue weighted by atomic mass is 10.3. The highest BCUT2D eigenvalue weighted by Gasteiger charge is 2.22. The number of ether oxygens (including phenoxy) is 2. The minimum absolute atomic E-state index is 0.162. The van der Waals surface area contributed by atoms with E-state index in [2.05, 4.69) is 19.4 Å². The first-order valence-electron chi connectivity index (χ1n) is 5.26. The zero-order chi connectivity index (χ0) is 14.3. The number of hydrogen-bond acceptors (Lipinski definition) is 7. The van der Waals surface area contributed by atoms with Gasteiger partial charge in [0.1, 0.15) is 19.4 Å². The van der Waals surface area contributed by atoms with Gasteiger partial charge in [-0.2, -0.15) is 0 Å². The number of carbonyl (C=O) groups is 3. The molecule has 0 radical (unpaired) electrons. The summed E-state index contributed by atoms with van der Waals surface area (Å²) in [6.07, 6.45) is 3.84. The van der Waals surface area contributed by atoms with E-state index in [1.807, 2.05) is 0 Å². The molecule has 0 atom stereocenters. The Labute approximate surface area is 109 Å². The van der Waals surface area contributed by atoms with E-state index in [9.17, 15) is 14.4 Å². The van der Waals surface area contributed by atoms with Gasteiger partial charge in [0.05, 0.1) is 19.8 Å². The van der Waals surface area contributed by atoms with E-state index in [4.69, 9.17) is 0 Å². The number of rotatable bonds is 5. The predicted molar refractivity (Wildman–Crippen MR) is 62.0 cm³/mol. The molecule has 0 fully saturated rings. The molecule has 0 aliphatic heterocycles. The fourth-order valence-electron chi connectivity index (χ4n) is 1.23. The average Bonchev–Trinajstić information content (AvgIpc) is 2.46. The smallest absolute Gasteiger partial charge is 0.325 e. The molecule has 0 saturated carbocycles. The Bertz CT molecular complexity index is 445. The Morgan fingerprint density at radius 3 is 1.95 bits per heavy atom. The predicted octanol–water partition coefficient (Wildman–Crippen LogP) is -0.735. The molecule has 0 bridgehead atoms. The molecule has 1 heterocycles. The molecule has 1 aromatic rings. The van der Waals surface area contributed by atoms with Crippen LogP contribution in [0.25, 0.3) is 0 Å². The summed E-state index contributed by atoms with van der Waals surface area (Å²) in [5.41, 5.74) is 0.162. The quantitative estimate of drug-likeness (QED) is 0.648. The van der Waals surface area contributed by atoms with Crippen LogP contribution in [0.5, 0.6) is 0 Å². The molecule has 1 aromatic heterocycles. The molecule has 0 aliphatic carbocycles. The maximum atomic E-state index is 12.1. The number of hydrogen-bond donors (Lipinski definition) is 0. The van der Waals surface area contributed by atoms with Gasteiger partial charge in [-0.3, -0.25) is 14.4 Å². The molecule has 0 saturated heterocycles. The maximum Gasteiger partial charge on any atom is 0.325 e. The van der Waals surface area contributed by atoms with Gasteiger partial charge in [-0.15, -0.1) is 0 Å². The maximum absolute atomic E-state index is 12.1. The van der Waals surface area contributed by atoms with E-state index < -0.39 is 17.8 Å². The molecule has 0 unspecified atom stereocenters. The van der Waals surface area contributed by atoms with Gasteiger partial charge in [0, 0.05) is 12.4 Å². The second-order valence-electron chi connectivity index (χ2n) is 3.44. The molecule has 0 aromatic carbocycles. The SMILES string of the molecule is COC(=O)CN(CC(=O)OC)C(=O)c1cncnc1. The summed E-state index contributed by atoms with van der Waals surface area (Å²) in [6.45, 7) is -0.724. The van der Waals surface area contributed by atoms with Crippen LogP contribution in [0.1, 0.15) is 10.4 Å². The monoisotopic (exact) mass is 267 g/mol. The van der Waals surface area contributed by atoms with Crippen molar-refractivity contribution in [3.8, 4) is 0 Å². The highest BCUT2D eigenvalue weighted by atomic mass is 16.5. The first-order chi connectivity index (χ1) is 9.08. The summed E-state index contributed by atoms with van der Waals surface area (Å²) >= 11 is 0. The number of amides is 1. The molecule has 0 spiro atoms. The number of methoxy groups -OCH3 is 2. The Balaban J connectivity index is 2.86. The molecule has 102 valence electrons. The van der Waals surface area contributed by atoms with Crippen molar-refractivity contribution in [3.63, 3.8) is 0 Å². The third kappa shape index (κ3) is 4.34. The molecule has 19 heavy (non-hydrogen) atoms. The van der Waals surface area contributed by atoms with Crippen LogP contribution in [-0.2, 0) is 19.1 Å². The first kappa shape index (κ1) is 14.6. The van der Waals surface area contributed by atoms with Crippen LogP contribution in [0, 0.1) is 0 Å². The fraction of sp³-hybridized carbons (Fsp3) is 0.364. The lowest BCUT2D eigenvalue weighted by Crippen LogP contribution is -2.40. The zero-order valence-corrected chi connectivity index (χ0v) is 10.5. The lowest BCUT2D eigenvalue weighted by molar-refractivity contribution is -0.144. The van der Waals surface area contributed by atoms with E-state index in [0.29, 0.717) is 0 Å². The number of nitrogens with zero attached hydrogens (tertiary/aromatic N) is 3. The largest absolute Gasteiger partial charge is 0.468 e. The van der Waals surface area contributed by atoms with Crippen LogP contribution < -0.4 is 0 Å². The van der Waals surface area contributed by atoms with Gasteiger partial charge < -0.3 is 14.4 Å². The Hall–Kier alpha value is -2.51. The van der Waals surface area contributed by atoms with Crippen LogP contribution in [-0.4, -0.2) is 60.0 Å². The van der Waals surface area contributed by atoms with Crippen molar-refractivity contribution in [1.82, 2.24) is 14.9 Å². The molecule has 0 N–H and O–H groups in total. The van der Waals surface area contributed by atoms with Gasteiger partial charge in [0.15, 0.2) is 0 Å². The summed E-state index contributed by atoms with van der Waals surface area (Å²) in [4.78, 5) is 42.9. The van der Waals surface area contributed by atoms with E-state index in [-0.39, 0.29) is 18.7 Å². The number of esters is 2. The van der Waals surface area contributed by atoms with Crippen LogP contribution in [0.2, 0.25) is 0 Å². The van der Waals surface area contributed by atoms with Crippen molar-refractivity contribution in [1.29, 1.82) is 0 Å². The topological polar surface area (TPSA) is 98.7 Å². The normalized spacial score (nSPS) is 9.58. The molecule has 1 rings (SSSR count). The van der Waals surface area contributed by atoms with Crippen molar-refractivity contribution >= 4 is 17.8 Å². The third-order valence-corrected chi connectivity index (χ3v) is 2.19. The Kier molecular flexibility index (Phi) is 5.39. The lowest BCUT2D eigenvalue weighted by Gasteiger charge is -2.19. The first-order valence-corrected chi connectivity index (χ1v) is 5.26.